The number of halogens is 2. The summed E-state index contributed by atoms with van der Waals surface area (Å²) in [7, 11) is -3.77. The largest absolute Gasteiger partial charge is 0.347 e. The minimum Gasteiger partial charge on any atom is -0.347 e. The lowest BCUT2D eigenvalue weighted by atomic mass is 10.3. The van der Waals surface area contributed by atoms with Crippen LogP contribution in [0.25, 0.3) is 0 Å². The van der Waals surface area contributed by atoms with Gasteiger partial charge in [-0.2, -0.15) is 0 Å². The predicted octanol–water partition coefficient (Wildman–Crippen LogP) is 2.76. The van der Waals surface area contributed by atoms with E-state index in [1.807, 2.05) is 0 Å². The van der Waals surface area contributed by atoms with Crippen molar-refractivity contribution in [1.29, 1.82) is 0 Å². The molecule has 0 amide bonds. The molecule has 0 spiro atoms. The van der Waals surface area contributed by atoms with E-state index in [1.54, 1.807) is 19.3 Å². The number of H-pyrrole nitrogens is 1. The van der Waals surface area contributed by atoms with Gasteiger partial charge in [0.2, 0.25) is 10.0 Å². The summed E-state index contributed by atoms with van der Waals surface area (Å²) in [6, 6.07) is 3.94. The first-order valence-corrected chi connectivity index (χ1v) is 7.61. The molecule has 2 N–H and O–H groups in total. The van der Waals surface area contributed by atoms with Crippen LogP contribution in [0.5, 0.6) is 0 Å². The number of hydrogen-bond donors (Lipinski definition) is 2. The minimum atomic E-state index is -3.77. The average Bonchev–Trinajstić information content (AvgIpc) is 2.85. The standard InChI is InChI=1S/C11H11Cl2N3O2S/c1-7(11-14-5-6-15-11)16-19(17,18)9-4-2-3-8(12)10(9)13/h2-7,16H,1H3,(H,14,15). The van der Waals surface area contributed by atoms with Crippen molar-refractivity contribution in [3.63, 3.8) is 0 Å². The molecular formula is C11H11Cl2N3O2S. The highest BCUT2D eigenvalue weighted by Gasteiger charge is 2.23. The minimum absolute atomic E-state index is 0.00307. The van der Waals surface area contributed by atoms with Crippen LogP contribution in [0.2, 0.25) is 10.0 Å². The molecule has 19 heavy (non-hydrogen) atoms. The molecule has 1 atom stereocenters. The molecule has 0 saturated carbocycles. The zero-order chi connectivity index (χ0) is 14.0. The lowest BCUT2D eigenvalue weighted by Gasteiger charge is -2.13. The molecular weight excluding hydrogens is 309 g/mol. The van der Waals surface area contributed by atoms with Gasteiger partial charge < -0.3 is 4.98 Å². The Morgan fingerprint density at radius 2 is 2.11 bits per heavy atom. The molecule has 0 bridgehead atoms. The summed E-state index contributed by atoms with van der Waals surface area (Å²) in [4.78, 5) is 6.78. The van der Waals surface area contributed by atoms with Gasteiger partial charge in [0.05, 0.1) is 16.1 Å². The Morgan fingerprint density at radius 1 is 1.37 bits per heavy atom. The first kappa shape index (κ1) is 14.3. The average molecular weight is 320 g/mol. The Morgan fingerprint density at radius 3 is 2.74 bits per heavy atom. The molecule has 0 radical (unpaired) electrons. The Kier molecular flexibility index (Phi) is 4.15. The van der Waals surface area contributed by atoms with Crippen LogP contribution < -0.4 is 4.72 Å². The van der Waals surface area contributed by atoms with Crippen molar-refractivity contribution >= 4 is 33.2 Å². The lowest BCUT2D eigenvalue weighted by molar-refractivity contribution is 0.561. The van der Waals surface area contributed by atoms with Gasteiger partial charge in [-0.1, -0.05) is 29.3 Å². The van der Waals surface area contributed by atoms with Crippen LogP contribution in [0, 0.1) is 0 Å². The van der Waals surface area contributed by atoms with Crippen molar-refractivity contribution in [2.24, 2.45) is 0 Å². The molecule has 5 nitrogen and oxygen atoms in total. The Bertz CT molecular complexity index is 671. The zero-order valence-corrected chi connectivity index (χ0v) is 12.2. The fourth-order valence-corrected chi connectivity index (χ4v) is 3.53. The molecule has 1 aromatic heterocycles. The van der Waals surface area contributed by atoms with Crippen LogP contribution in [-0.4, -0.2) is 18.4 Å². The summed E-state index contributed by atoms with van der Waals surface area (Å²) in [5.41, 5.74) is 0. The molecule has 2 aromatic rings. The quantitative estimate of drug-likeness (QED) is 0.909. The summed E-state index contributed by atoms with van der Waals surface area (Å²) in [6.45, 7) is 1.68. The molecule has 1 unspecified atom stereocenters. The number of aromatic amines is 1. The van der Waals surface area contributed by atoms with Gasteiger partial charge in [0.25, 0.3) is 0 Å². The van der Waals surface area contributed by atoms with Crippen LogP contribution in [0.1, 0.15) is 18.8 Å². The van der Waals surface area contributed by atoms with Gasteiger partial charge in [0.15, 0.2) is 0 Å². The molecule has 0 aliphatic heterocycles. The fraction of sp³-hybridized carbons (Fsp3) is 0.182. The number of nitrogens with one attached hydrogen (secondary N) is 2. The maximum atomic E-state index is 12.2. The van der Waals surface area contributed by atoms with Gasteiger partial charge in [0.1, 0.15) is 10.7 Å². The van der Waals surface area contributed by atoms with Crippen LogP contribution >= 0.6 is 23.2 Å². The molecule has 102 valence electrons. The number of nitrogens with zero attached hydrogens (tertiary/aromatic N) is 1. The first-order valence-electron chi connectivity index (χ1n) is 5.37. The topological polar surface area (TPSA) is 74.8 Å². The second-order valence-corrected chi connectivity index (χ2v) is 6.34. The van der Waals surface area contributed by atoms with E-state index in [-0.39, 0.29) is 14.9 Å². The second kappa shape index (κ2) is 5.50. The third-order valence-electron chi connectivity index (χ3n) is 2.47. The number of benzene rings is 1. The van der Waals surface area contributed by atoms with Crippen LogP contribution in [0.3, 0.4) is 0 Å². The van der Waals surface area contributed by atoms with E-state index in [0.29, 0.717) is 5.82 Å². The third kappa shape index (κ3) is 3.09. The van der Waals surface area contributed by atoms with E-state index in [1.165, 1.54) is 18.2 Å². The van der Waals surface area contributed by atoms with Crippen LogP contribution in [0.4, 0.5) is 0 Å². The number of imidazole rings is 1. The molecule has 0 saturated heterocycles. The number of rotatable bonds is 4. The number of hydrogen-bond acceptors (Lipinski definition) is 3. The van der Waals surface area contributed by atoms with Gasteiger partial charge in [-0.25, -0.2) is 18.1 Å². The van der Waals surface area contributed by atoms with E-state index in [9.17, 15) is 8.42 Å². The van der Waals surface area contributed by atoms with Crippen molar-refractivity contribution in [3.05, 3.63) is 46.5 Å². The highest BCUT2D eigenvalue weighted by Crippen LogP contribution is 2.29. The van der Waals surface area contributed by atoms with E-state index in [2.05, 4.69) is 14.7 Å². The lowest BCUT2D eigenvalue weighted by Crippen LogP contribution is -2.27. The van der Waals surface area contributed by atoms with Crippen molar-refractivity contribution in [2.75, 3.05) is 0 Å². The van der Waals surface area contributed by atoms with Gasteiger partial charge >= 0.3 is 0 Å². The maximum absolute atomic E-state index is 12.2. The molecule has 0 fully saturated rings. The monoisotopic (exact) mass is 319 g/mol. The summed E-state index contributed by atoms with van der Waals surface area (Å²) in [5.74, 6) is 0.515. The van der Waals surface area contributed by atoms with Crippen molar-refractivity contribution in [1.82, 2.24) is 14.7 Å². The van der Waals surface area contributed by atoms with Gasteiger partial charge in [-0.15, -0.1) is 0 Å². The second-order valence-electron chi connectivity index (χ2n) is 3.87. The van der Waals surface area contributed by atoms with Crippen molar-refractivity contribution in [3.8, 4) is 0 Å². The number of sulfonamides is 1. The Hall–Kier alpha value is -1.08. The number of aromatic nitrogens is 2. The molecule has 8 heteroatoms. The summed E-state index contributed by atoms with van der Waals surface area (Å²) in [6.07, 6.45) is 3.17. The van der Waals surface area contributed by atoms with Crippen LogP contribution in [-0.2, 0) is 10.0 Å². The molecule has 0 aliphatic carbocycles. The molecule has 1 aromatic carbocycles. The van der Waals surface area contributed by atoms with E-state index < -0.39 is 16.1 Å². The smallest absolute Gasteiger partial charge is 0.242 e. The first-order chi connectivity index (χ1) is 8.92. The normalized spacial score (nSPS) is 13.4. The summed E-state index contributed by atoms with van der Waals surface area (Å²) >= 11 is 11.7. The Labute approximate surface area is 121 Å². The highest BCUT2D eigenvalue weighted by molar-refractivity contribution is 7.89. The maximum Gasteiger partial charge on any atom is 0.242 e. The van der Waals surface area contributed by atoms with Crippen LogP contribution in [0.15, 0.2) is 35.5 Å². The fourth-order valence-electron chi connectivity index (χ4n) is 1.56. The highest BCUT2D eigenvalue weighted by atomic mass is 35.5. The van der Waals surface area contributed by atoms with Gasteiger partial charge in [-0.05, 0) is 19.1 Å². The van der Waals surface area contributed by atoms with E-state index in [4.69, 9.17) is 23.2 Å². The molecule has 1 heterocycles. The van der Waals surface area contributed by atoms with E-state index >= 15 is 0 Å². The van der Waals surface area contributed by atoms with Crippen molar-refractivity contribution < 1.29 is 8.42 Å². The van der Waals surface area contributed by atoms with Gasteiger partial charge in [-0.3, -0.25) is 0 Å². The third-order valence-corrected chi connectivity index (χ3v) is 4.98. The molecule has 2 rings (SSSR count). The van der Waals surface area contributed by atoms with E-state index in [0.717, 1.165) is 0 Å². The molecule has 0 aliphatic rings. The van der Waals surface area contributed by atoms with Gasteiger partial charge in [0, 0.05) is 12.4 Å². The SMILES string of the molecule is CC(NS(=O)(=O)c1cccc(Cl)c1Cl)c1ncc[nH]1. The zero-order valence-electron chi connectivity index (χ0n) is 9.89. The van der Waals surface area contributed by atoms with Crippen molar-refractivity contribution in [2.45, 2.75) is 17.9 Å². The summed E-state index contributed by atoms with van der Waals surface area (Å²) in [5, 5.41) is 0.193. The Balaban J connectivity index is 2.31. The predicted molar refractivity (Wildman–Crippen MR) is 73.8 cm³/mol. The summed E-state index contributed by atoms with van der Waals surface area (Å²) < 4.78 is 26.9.